The Kier molecular flexibility index (Phi) is 5.00. The molecule has 1 amide bonds. The number of thiazole rings is 1. The molecule has 6 nitrogen and oxygen atoms in total. The van der Waals surface area contributed by atoms with Gasteiger partial charge in [0.1, 0.15) is 11.4 Å². The van der Waals surface area contributed by atoms with Gasteiger partial charge in [0.25, 0.3) is 5.91 Å². The minimum atomic E-state index is -0.399. The summed E-state index contributed by atoms with van der Waals surface area (Å²) in [6.45, 7) is 1.49. The van der Waals surface area contributed by atoms with Crippen LogP contribution >= 0.6 is 22.9 Å². The van der Waals surface area contributed by atoms with E-state index in [1.807, 2.05) is 0 Å². The van der Waals surface area contributed by atoms with Crippen molar-refractivity contribution in [2.75, 3.05) is 23.8 Å². The van der Waals surface area contributed by atoms with Gasteiger partial charge in [-0.25, -0.2) is 4.98 Å². The number of nitrogens with one attached hydrogen (secondary N) is 2. The predicted octanol–water partition coefficient (Wildman–Crippen LogP) is 3.35. The zero-order valence-corrected chi connectivity index (χ0v) is 13.8. The molecule has 1 aliphatic rings. The van der Waals surface area contributed by atoms with Gasteiger partial charge in [0, 0.05) is 23.6 Å². The Bertz CT molecular complexity index is 701. The van der Waals surface area contributed by atoms with Crippen molar-refractivity contribution in [3.05, 3.63) is 34.3 Å². The Morgan fingerprint density at radius 3 is 3.17 bits per heavy atom. The van der Waals surface area contributed by atoms with Crippen LogP contribution in [0.25, 0.3) is 0 Å². The third-order valence-corrected chi connectivity index (χ3v) is 4.48. The summed E-state index contributed by atoms with van der Waals surface area (Å²) in [6.07, 6.45) is 2.33. The summed E-state index contributed by atoms with van der Waals surface area (Å²) in [4.78, 5) is 16.4. The Morgan fingerprint density at radius 1 is 1.52 bits per heavy atom. The fraction of sp³-hybridized carbons (Fsp3) is 0.333. The molecule has 1 aliphatic heterocycles. The fourth-order valence-electron chi connectivity index (χ4n) is 2.26. The van der Waals surface area contributed by atoms with Crippen LogP contribution < -0.4 is 10.6 Å². The lowest BCUT2D eigenvalue weighted by atomic mass is 10.2. The predicted molar refractivity (Wildman–Crippen MR) is 90.6 cm³/mol. The van der Waals surface area contributed by atoms with Gasteiger partial charge in [-0.15, -0.1) is 11.3 Å². The summed E-state index contributed by atoms with van der Waals surface area (Å²) >= 11 is 7.21. The molecule has 1 saturated heterocycles. The second kappa shape index (κ2) is 7.16. The molecule has 2 aromatic rings. The van der Waals surface area contributed by atoms with E-state index in [0.717, 1.165) is 19.4 Å². The molecule has 0 radical (unpaired) electrons. The van der Waals surface area contributed by atoms with E-state index in [0.29, 0.717) is 16.7 Å². The van der Waals surface area contributed by atoms with Crippen molar-refractivity contribution in [3.63, 3.8) is 0 Å². The summed E-state index contributed by atoms with van der Waals surface area (Å²) < 4.78 is 5.53. The average Bonchev–Trinajstić information content (AvgIpc) is 3.20. The number of nitrogens with zero attached hydrogens (tertiary/aromatic N) is 1. The number of aromatic nitrogens is 1. The Balaban J connectivity index is 1.60. The first-order valence-corrected chi connectivity index (χ1v) is 8.48. The minimum Gasteiger partial charge on any atom is -0.506 e. The molecule has 1 fully saturated rings. The molecule has 0 spiro atoms. The number of benzene rings is 1. The van der Waals surface area contributed by atoms with Crippen LogP contribution in [0, 0.1) is 0 Å². The molecule has 23 heavy (non-hydrogen) atoms. The monoisotopic (exact) mass is 353 g/mol. The van der Waals surface area contributed by atoms with Gasteiger partial charge in [-0.1, -0.05) is 11.6 Å². The van der Waals surface area contributed by atoms with E-state index in [1.54, 1.807) is 11.4 Å². The van der Waals surface area contributed by atoms with Gasteiger partial charge < -0.3 is 20.5 Å². The number of phenols is 1. The summed E-state index contributed by atoms with van der Waals surface area (Å²) in [5, 5.41) is 18.3. The lowest BCUT2D eigenvalue weighted by Gasteiger charge is -2.09. The van der Waals surface area contributed by atoms with Crippen molar-refractivity contribution in [3.8, 4) is 5.75 Å². The van der Waals surface area contributed by atoms with Crippen LogP contribution in [0.15, 0.2) is 23.6 Å². The number of hydrogen-bond donors (Lipinski definition) is 3. The van der Waals surface area contributed by atoms with Crippen molar-refractivity contribution in [1.29, 1.82) is 0 Å². The van der Waals surface area contributed by atoms with E-state index in [4.69, 9.17) is 16.3 Å². The SMILES string of the molecule is O=C(Nc1cc(Cl)ccc1O)c1csc(NCC2CCCO2)n1. The topological polar surface area (TPSA) is 83.5 Å². The minimum absolute atomic E-state index is 0.0466. The number of carbonyl (C=O) groups excluding carboxylic acids is 1. The van der Waals surface area contributed by atoms with Crippen molar-refractivity contribution in [2.45, 2.75) is 18.9 Å². The van der Waals surface area contributed by atoms with Crippen LogP contribution in [-0.2, 0) is 4.74 Å². The highest BCUT2D eigenvalue weighted by Crippen LogP contribution is 2.27. The van der Waals surface area contributed by atoms with Crippen LogP contribution in [0.3, 0.4) is 0 Å². The van der Waals surface area contributed by atoms with Gasteiger partial charge in [0.15, 0.2) is 5.13 Å². The smallest absolute Gasteiger partial charge is 0.275 e. The van der Waals surface area contributed by atoms with Gasteiger partial charge in [-0.2, -0.15) is 0 Å². The quantitative estimate of drug-likeness (QED) is 0.718. The molecule has 3 rings (SSSR count). The number of carbonyl (C=O) groups is 1. The number of hydrogen-bond acceptors (Lipinski definition) is 6. The van der Waals surface area contributed by atoms with Crippen LogP contribution in [0.5, 0.6) is 5.75 Å². The highest BCUT2D eigenvalue weighted by Gasteiger charge is 2.17. The van der Waals surface area contributed by atoms with E-state index < -0.39 is 5.91 Å². The highest BCUT2D eigenvalue weighted by molar-refractivity contribution is 7.13. The molecule has 1 unspecified atom stereocenters. The van der Waals surface area contributed by atoms with Crippen LogP contribution in [0.1, 0.15) is 23.3 Å². The second-order valence-electron chi connectivity index (χ2n) is 5.17. The molecule has 1 aromatic heterocycles. The summed E-state index contributed by atoms with van der Waals surface area (Å²) in [5.41, 5.74) is 0.536. The third-order valence-electron chi connectivity index (χ3n) is 3.45. The maximum Gasteiger partial charge on any atom is 0.275 e. The number of rotatable bonds is 5. The molecule has 3 N–H and O–H groups in total. The van der Waals surface area contributed by atoms with E-state index >= 15 is 0 Å². The normalized spacial score (nSPS) is 17.2. The maximum absolute atomic E-state index is 12.2. The average molecular weight is 354 g/mol. The zero-order chi connectivity index (χ0) is 16.2. The van der Waals surface area contributed by atoms with Crippen LogP contribution in [0.4, 0.5) is 10.8 Å². The molecule has 0 bridgehead atoms. The molecule has 1 atom stereocenters. The van der Waals surface area contributed by atoms with Gasteiger partial charge in [0.2, 0.25) is 0 Å². The molecule has 0 saturated carbocycles. The molecule has 122 valence electrons. The third kappa shape index (κ3) is 4.13. The lowest BCUT2D eigenvalue weighted by molar-refractivity contribution is 0.102. The summed E-state index contributed by atoms with van der Waals surface area (Å²) in [5.74, 6) is -0.446. The molecule has 2 heterocycles. The Hall–Kier alpha value is -1.83. The fourth-order valence-corrected chi connectivity index (χ4v) is 3.13. The van der Waals surface area contributed by atoms with E-state index in [-0.39, 0.29) is 23.2 Å². The molecular formula is C15H16ClN3O3S. The van der Waals surface area contributed by atoms with Gasteiger partial charge in [-0.3, -0.25) is 4.79 Å². The molecule has 1 aromatic carbocycles. The van der Waals surface area contributed by atoms with Crippen molar-refractivity contribution in [2.24, 2.45) is 0 Å². The molecular weight excluding hydrogens is 338 g/mol. The zero-order valence-electron chi connectivity index (χ0n) is 12.2. The number of ether oxygens (including phenoxy) is 1. The van der Waals surface area contributed by atoms with Gasteiger partial charge in [-0.05, 0) is 31.0 Å². The number of halogens is 1. The molecule has 8 heteroatoms. The highest BCUT2D eigenvalue weighted by atomic mass is 35.5. The number of amides is 1. The van der Waals surface area contributed by atoms with E-state index in [1.165, 1.54) is 23.5 Å². The van der Waals surface area contributed by atoms with Crippen LogP contribution in [0.2, 0.25) is 5.02 Å². The van der Waals surface area contributed by atoms with Crippen molar-refractivity contribution in [1.82, 2.24) is 4.98 Å². The van der Waals surface area contributed by atoms with E-state index in [9.17, 15) is 9.90 Å². The van der Waals surface area contributed by atoms with Gasteiger partial charge in [0.05, 0.1) is 11.8 Å². The van der Waals surface area contributed by atoms with Crippen molar-refractivity contribution < 1.29 is 14.6 Å². The number of phenolic OH excluding ortho intramolecular Hbond substituents is 1. The van der Waals surface area contributed by atoms with Gasteiger partial charge >= 0.3 is 0 Å². The number of anilines is 2. The maximum atomic E-state index is 12.2. The second-order valence-corrected chi connectivity index (χ2v) is 6.46. The largest absolute Gasteiger partial charge is 0.506 e. The Morgan fingerprint density at radius 2 is 2.39 bits per heavy atom. The first kappa shape index (κ1) is 16.0. The summed E-state index contributed by atoms with van der Waals surface area (Å²) in [7, 11) is 0. The Labute approximate surface area is 142 Å². The number of aromatic hydroxyl groups is 1. The van der Waals surface area contributed by atoms with Crippen molar-refractivity contribution >= 4 is 39.7 Å². The summed E-state index contributed by atoms with van der Waals surface area (Å²) in [6, 6.07) is 4.45. The standard InChI is InChI=1S/C15H16ClN3O3S/c16-9-3-4-13(20)11(6-9)18-14(21)12-8-23-15(19-12)17-7-10-2-1-5-22-10/h3-4,6,8,10,20H,1-2,5,7H2,(H,17,19)(H,18,21). The molecule has 0 aliphatic carbocycles. The van der Waals surface area contributed by atoms with E-state index in [2.05, 4.69) is 15.6 Å². The van der Waals surface area contributed by atoms with Crippen LogP contribution in [-0.4, -0.2) is 35.3 Å². The first-order valence-electron chi connectivity index (χ1n) is 7.22. The first-order chi connectivity index (χ1) is 11.1. The lowest BCUT2D eigenvalue weighted by Crippen LogP contribution is -2.18.